The van der Waals surface area contributed by atoms with Crippen LogP contribution in [-0.4, -0.2) is 23.1 Å². The van der Waals surface area contributed by atoms with Gasteiger partial charge in [0.2, 0.25) is 5.88 Å². The van der Waals surface area contributed by atoms with Gasteiger partial charge >= 0.3 is 0 Å². The van der Waals surface area contributed by atoms with Crippen molar-refractivity contribution in [2.45, 2.75) is 38.6 Å². The third-order valence-corrected chi connectivity index (χ3v) is 2.33. The van der Waals surface area contributed by atoms with Gasteiger partial charge in [-0.1, -0.05) is 13.8 Å². The number of ether oxygens (including phenoxy) is 1. The van der Waals surface area contributed by atoms with E-state index >= 15 is 0 Å². The summed E-state index contributed by atoms with van der Waals surface area (Å²) >= 11 is 0. The van der Waals surface area contributed by atoms with Gasteiger partial charge in [0.25, 0.3) is 0 Å². The molecule has 0 aromatic carbocycles. The van der Waals surface area contributed by atoms with Gasteiger partial charge in [0.1, 0.15) is 5.69 Å². The first-order chi connectivity index (χ1) is 6.97. The van der Waals surface area contributed by atoms with Crippen LogP contribution < -0.4 is 10.5 Å². The fourth-order valence-corrected chi connectivity index (χ4v) is 1.84. The van der Waals surface area contributed by atoms with Crippen LogP contribution in [0, 0.1) is 0 Å². The zero-order valence-electron chi connectivity index (χ0n) is 9.82. The molecular formula is C11H19N3O. The first-order valence-corrected chi connectivity index (χ1v) is 5.08. The zero-order valence-corrected chi connectivity index (χ0v) is 9.82. The van der Waals surface area contributed by atoms with Crippen molar-refractivity contribution in [2.75, 3.05) is 7.11 Å². The van der Waals surface area contributed by atoms with Crippen molar-refractivity contribution < 1.29 is 4.74 Å². The number of hydrogen-bond donors (Lipinski definition) is 1. The highest BCUT2D eigenvalue weighted by molar-refractivity contribution is 5.25. The molecule has 1 aromatic heterocycles. The van der Waals surface area contributed by atoms with Gasteiger partial charge < -0.3 is 10.5 Å². The molecule has 0 amide bonds. The van der Waals surface area contributed by atoms with E-state index in [1.807, 2.05) is 6.92 Å². The summed E-state index contributed by atoms with van der Waals surface area (Å²) in [7, 11) is 1.61. The van der Waals surface area contributed by atoms with Crippen LogP contribution in [0.2, 0.25) is 0 Å². The quantitative estimate of drug-likeness (QED) is 0.816. The summed E-state index contributed by atoms with van der Waals surface area (Å²) < 4.78 is 5.20. The molecule has 1 aromatic rings. The maximum absolute atomic E-state index is 5.82. The van der Waals surface area contributed by atoms with E-state index in [1.165, 1.54) is 0 Å². The molecule has 0 saturated carbocycles. The summed E-state index contributed by atoms with van der Waals surface area (Å²) in [4.78, 5) is 8.48. The van der Waals surface area contributed by atoms with Crippen LogP contribution in [0.4, 0.5) is 0 Å². The third-order valence-electron chi connectivity index (χ3n) is 2.33. The molecule has 1 unspecified atom stereocenters. The monoisotopic (exact) mass is 209 g/mol. The van der Waals surface area contributed by atoms with Gasteiger partial charge in [-0.3, -0.25) is 4.98 Å². The number of aromatic nitrogens is 2. The summed E-state index contributed by atoms with van der Waals surface area (Å²) in [5.41, 5.74) is 6.57. The fraction of sp³-hybridized carbons (Fsp3) is 0.636. The Kier molecular flexibility index (Phi) is 3.63. The minimum atomic E-state index is -0.117. The van der Waals surface area contributed by atoms with Crippen molar-refractivity contribution in [3.05, 3.63) is 18.1 Å². The Morgan fingerprint density at radius 2 is 2.00 bits per heavy atom. The zero-order chi connectivity index (χ0) is 11.5. The van der Waals surface area contributed by atoms with Crippen LogP contribution in [0.15, 0.2) is 12.4 Å². The minimum Gasteiger partial charge on any atom is -0.480 e. The summed E-state index contributed by atoms with van der Waals surface area (Å²) in [5.74, 6) is 0.586. The second kappa shape index (κ2) is 4.57. The molecule has 0 saturated heterocycles. The molecule has 4 nitrogen and oxygen atoms in total. The maximum atomic E-state index is 5.82. The first kappa shape index (κ1) is 11.9. The lowest BCUT2D eigenvalue weighted by molar-refractivity contribution is 0.354. The lowest BCUT2D eigenvalue weighted by atomic mass is 9.83. The molecule has 1 heterocycles. The Labute approximate surface area is 90.9 Å². The number of hydrogen-bond acceptors (Lipinski definition) is 4. The van der Waals surface area contributed by atoms with E-state index in [9.17, 15) is 0 Å². The topological polar surface area (TPSA) is 61.0 Å². The Morgan fingerprint density at radius 1 is 1.40 bits per heavy atom. The van der Waals surface area contributed by atoms with Crippen LogP contribution in [0.3, 0.4) is 0 Å². The standard InChI is InChI=1S/C11H19N3O/c1-8(12)7-11(2,3)9-10(15-4)14-6-5-13-9/h5-6,8H,7,12H2,1-4H3. The molecule has 0 aliphatic rings. The van der Waals surface area contributed by atoms with Gasteiger partial charge in [0, 0.05) is 23.9 Å². The van der Waals surface area contributed by atoms with Gasteiger partial charge in [0.05, 0.1) is 7.11 Å². The molecule has 0 fully saturated rings. The predicted octanol–water partition coefficient (Wildman–Crippen LogP) is 1.50. The van der Waals surface area contributed by atoms with Gasteiger partial charge in [-0.05, 0) is 13.3 Å². The number of methoxy groups -OCH3 is 1. The average Bonchev–Trinajstić information content (AvgIpc) is 2.16. The second-order valence-corrected chi connectivity index (χ2v) is 4.48. The number of rotatable bonds is 4. The summed E-state index contributed by atoms with van der Waals surface area (Å²) in [6, 6.07) is 0.131. The van der Waals surface area contributed by atoms with Gasteiger partial charge in [-0.2, -0.15) is 0 Å². The van der Waals surface area contributed by atoms with Crippen LogP contribution >= 0.6 is 0 Å². The fourth-order valence-electron chi connectivity index (χ4n) is 1.84. The summed E-state index contributed by atoms with van der Waals surface area (Å²) in [5, 5.41) is 0. The number of nitrogens with two attached hydrogens (primary N) is 1. The highest BCUT2D eigenvalue weighted by Gasteiger charge is 2.27. The van der Waals surface area contributed by atoms with Crippen molar-refractivity contribution in [2.24, 2.45) is 5.73 Å². The third kappa shape index (κ3) is 2.89. The Hall–Kier alpha value is -1.16. The van der Waals surface area contributed by atoms with Crippen molar-refractivity contribution >= 4 is 0 Å². The van der Waals surface area contributed by atoms with Gasteiger partial charge in [-0.25, -0.2) is 4.98 Å². The molecule has 4 heteroatoms. The number of nitrogens with zero attached hydrogens (tertiary/aromatic N) is 2. The van der Waals surface area contributed by atoms with E-state index < -0.39 is 0 Å². The Bertz CT molecular complexity index is 323. The predicted molar refractivity (Wildman–Crippen MR) is 59.9 cm³/mol. The van der Waals surface area contributed by atoms with Crippen LogP contribution in [-0.2, 0) is 5.41 Å². The molecule has 0 aliphatic heterocycles. The van der Waals surface area contributed by atoms with Crippen LogP contribution in [0.1, 0.15) is 32.9 Å². The summed E-state index contributed by atoms with van der Waals surface area (Å²) in [6.45, 7) is 6.19. The van der Waals surface area contributed by atoms with Crippen molar-refractivity contribution in [3.63, 3.8) is 0 Å². The lowest BCUT2D eigenvalue weighted by Crippen LogP contribution is -2.29. The largest absolute Gasteiger partial charge is 0.480 e. The van der Waals surface area contributed by atoms with E-state index in [0.717, 1.165) is 12.1 Å². The van der Waals surface area contributed by atoms with Crippen molar-refractivity contribution in [3.8, 4) is 5.88 Å². The minimum absolute atomic E-state index is 0.117. The normalized spacial score (nSPS) is 13.7. The van der Waals surface area contributed by atoms with Crippen molar-refractivity contribution in [1.29, 1.82) is 0 Å². The Morgan fingerprint density at radius 3 is 2.53 bits per heavy atom. The van der Waals surface area contributed by atoms with E-state index in [0.29, 0.717) is 5.88 Å². The van der Waals surface area contributed by atoms with Gasteiger partial charge in [0.15, 0.2) is 0 Å². The molecule has 84 valence electrons. The molecular weight excluding hydrogens is 190 g/mol. The molecule has 1 rings (SSSR count). The Balaban J connectivity index is 3.02. The van der Waals surface area contributed by atoms with Gasteiger partial charge in [-0.15, -0.1) is 0 Å². The van der Waals surface area contributed by atoms with E-state index in [2.05, 4.69) is 23.8 Å². The smallest absolute Gasteiger partial charge is 0.235 e. The SMILES string of the molecule is COc1nccnc1C(C)(C)CC(C)N. The second-order valence-electron chi connectivity index (χ2n) is 4.48. The van der Waals surface area contributed by atoms with Crippen LogP contribution in [0.5, 0.6) is 5.88 Å². The van der Waals surface area contributed by atoms with E-state index in [4.69, 9.17) is 10.5 Å². The van der Waals surface area contributed by atoms with E-state index in [-0.39, 0.29) is 11.5 Å². The van der Waals surface area contributed by atoms with E-state index in [1.54, 1.807) is 19.5 Å². The molecule has 0 bridgehead atoms. The van der Waals surface area contributed by atoms with Crippen molar-refractivity contribution in [1.82, 2.24) is 9.97 Å². The molecule has 0 spiro atoms. The summed E-state index contributed by atoms with van der Waals surface area (Å²) in [6.07, 6.45) is 4.16. The molecule has 0 aliphatic carbocycles. The molecule has 2 N–H and O–H groups in total. The highest BCUT2D eigenvalue weighted by atomic mass is 16.5. The lowest BCUT2D eigenvalue weighted by Gasteiger charge is -2.26. The first-order valence-electron chi connectivity index (χ1n) is 5.08. The molecule has 0 radical (unpaired) electrons. The molecule has 1 atom stereocenters. The highest BCUT2D eigenvalue weighted by Crippen LogP contribution is 2.31. The average molecular weight is 209 g/mol. The molecule has 15 heavy (non-hydrogen) atoms. The van der Waals surface area contributed by atoms with Crippen LogP contribution in [0.25, 0.3) is 0 Å². The maximum Gasteiger partial charge on any atom is 0.235 e.